The van der Waals surface area contributed by atoms with Crippen LogP contribution in [-0.4, -0.2) is 28.1 Å². The number of H-pyrrole nitrogens is 1. The molecule has 1 aromatic carbocycles. The molecule has 120 valence electrons. The lowest BCUT2D eigenvalue weighted by Gasteiger charge is -2.09. The molecule has 6 nitrogen and oxygen atoms in total. The third kappa shape index (κ3) is 4.01. The van der Waals surface area contributed by atoms with E-state index in [1.807, 2.05) is 6.07 Å². The van der Waals surface area contributed by atoms with E-state index in [-0.39, 0.29) is 28.2 Å². The molecule has 0 aliphatic rings. The highest BCUT2D eigenvalue weighted by atomic mass is 35.5. The Morgan fingerprint density at radius 2 is 2.00 bits per heavy atom. The van der Waals surface area contributed by atoms with E-state index in [9.17, 15) is 9.59 Å². The molecule has 1 heterocycles. The number of hydrogen-bond acceptors (Lipinski definition) is 4. The van der Waals surface area contributed by atoms with Crippen molar-refractivity contribution in [3.63, 3.8) is 0 Å². The van der Waals surface area contributed by atoms with Crippen LogP contribution in [0.4, 0.5) is 0 Å². The van der Waals surface area contributed by atoms with Crippen molar-refractivity contribution in [1.82, 2.24) is 10.3 Å². The molecule has 1 aromatic heterocycles. The summed E-state index contributed by atoms with van der Waals surface area (Å²) < 4.78 is 0. The van der Waals surface area contributed by atoms with E-state index in [2.05, 4.69) is 10.3 Å². The van der Waals surface area contributed by atoms with Crippen LogP contribution in [0, 0.1) is 13.8 Å². The van der Waals surface area contributed by atoms with Gasteiger partial charge >= 0.3 is 7.12 Å². The summed E-state index contributed by atoms with van der Waals surface area (Å²) in [7, 11) is -1.70. The topological polar surface area (TPSA) is 102 Å². The van der Waals surface area contributed by atoms with Crippen LogP contribution in [0.3, 0.4) is 0 Å². The van der Waals surface area contributed by atoms with Crippen molar-refractivity contribution in [3.8, 4) is 0 Å². The van der Waals surface area contributed by atoms with Crippen LogP contribution >= 0.6 is 11.6 Å². The number of hydrogen-bond donors (Lipinski definition) is 4. The highest BCUT2D eigenvalue weighted by Crippen LogP contribution is 2.10. The SMILES string of the molecule is Cc1cc(C)c(CNC(=O)c2ccc(B(O)O)c(Cl)c2)c(=O)[nH]1. The van der Waals surface area contributed by atoms with E-state index in [1.54, 1.807) is 13.8 Å². The molecular weight excluding hydrogens is 318 g/mol. The monoisotopic (exact) mass is 334 g/mol. The van der Waals surface area contributed by atoms with Crippen molar-refractivity contribution in [3.05, 3.63) is 62.0 Å². The maximum Gasteiger partial charge on any atom is 0.489 e. The van der Waals surface area contributed by atoms with Gasteiger partial charge in [0.25, 0.3) is 11.5 Å². The van der Waals surface area contributed by atoms with Gasteiger partial charge in [-0.05, 0) is 37.6 Å². The van der Waals surface area contributed by atoms with E-state index in [0.29, 0.717) is 5.56 Å². The molecule has 0 unspecified atom stereocenters. The van der Waals surface area contributed by atoms with Crippen molar-refractivity contribution < 1.29 is 14.8 Å². The van der Waals surface area contributed by atoms with Crippen molar-refractivity contribution >= 4 is 30.1 Å². The summed E-state index contributed by atoms with van der Waals surface area (Å²) in [5.74, 6) is -0.412. The first-order valence-electron chi connectivity index (χ1n) is 6.92. The number of amides is 1. The van der Waals surface area contributed by atoms with Gasteiger partial charge in [-0.25, -0.2) is 0 Å². The molecule has 0 atom stereocenters. The second-order valence-corrected chi connectivity index (χ2v) is 5.64. The Hall–Kier alpha value is -2.09. The fourth-order valence-corrected chi connectivity index (χ4v) is 2.53. The van der Waals surface area contributed by atoms with E-state index in [0.717, 1.165) is 11.3 Å². The first-order valence-corrected chi connectivity index (χ1v) is 7.30. The normalized spacial score (nSPS) is 10.5. The number of halogens is 1. The van der Waals surface area contributed by atoms with Crippen LogP contribution < -0.4 is 16.3 Å². The molecule has 2 aromatic rings. The van der Waals surface area contributed by atoms with E-state index in [4.69, 9.17) is 21.6 Å². The standard InChI is InChI=1S/C15H16BClN2O4/c1-8-5-9(2)19-15(21)11(8)7-18-14(20)10-3-4-12(16(22)23)13(17)6-10/h3-6,22-23H,7H2,1-2H3,(H,18,20)(H,19,21). The van der Waals surface area contributed by atoms with E-state index < -0.39 is 13.0 Å². The zero-order chi connectivity index (χ0) is 17.1. The minimum atomic E-state index is -1.70. The summed E-state index contributed by atoms with van der Waals surface area (Å²) in [5, 5.41) is 20.9. The molecule has 1 amide bonds. The van der Waals surface area contributed by atoms with Crippen LogP contribution in [0.5, 0.6) is 0 Å². The molecule has 0 radical (unpaired) electrons. The number of aromatic amines is 1. The Morgan fingerprint density at radius 1 is 1.30 bits per heavy atom. The molecular formula is C15H16BClN2O4. The van der Waals surface area contributed by atoms with Crippen molar-refractivity contribution in [2.75, 3.05) is 0 Å². The lowest BCUT2D eigenvalue weighted by Crippen LogP contribution is -2.32. The van der Waals surface area contributed by atoms with Gasteiger partial charge in [0.2, 0.25) is 0 Å². The molecule has 0 bridgehead atoms. The van der Waals surface area contributed by atoms with Gasteiger partial charge in [0.1, 0.15) is 0 Å². The summed E-state index contributed by atoms with van der Waals surface area (Å²) >= 11 is 5.90. The highest BCUT2D eigenvalue weighted by molar-refractivity contribution is 6.62. The van der Waals surface area contributed by atoms with Crippen molar-refractivity contribution in [2.24, 2.45) is 0 Å². The van der Waals surface area contributed by atoms with Gasteiger partial charge in [0, 0.05) is 33.9 Å². The third-order valence-corrected chi connectivity index (χ3v) is 3.79. The highest BCUT2D eigenvalue weighted by Gasteiger charge is 2.17. The second kappa shape index (κ2) is 7.00. The Labute approximate surface area is 138 Å². The molecule has 0 fully saturated rings. The summed E-state index contributed by atoms with van der Waals surface area (Å²) in [5.41, 5.74) is 2.18. The average Bonchev–Trinajstić information content (AvgIpc) is 2.45. The number of nitrogens with one attached hydrogen (secondary N) is 2. The summed E-state index contributed by atoms with van der Waals surface area (Å²) in [6.07, 6.45) is 0. The summed E-state index contributed by atoms with van der Waals surface area (Å²) in [4.78, 5) is 26.7. The molecule has 4 N–H and O–H groups in total. The molecule has 0 saturated heterocycles. The predicted octanol–water partition coefficient (Wildman–Crippen LogP) is 0.255. The van der Waals surface area contributed by atoms with E-state index in [1.165, 1.54) is 18.2 Å². The fourth-order valence-electron chi connectivity index (χ4n) is 2.25. The molecule has 0 saturated carbocycles. The molecule has 23 heavy (non-hydrogen) atoms. The molecule has 0 aliphatic heterocycles. The first-order chi connectivity index (χ1) is 10.8. The predicted molar refractivity (Wildman–Crippen MR) is 89.0 cm³/mol. The Kier molecular flexibility index (Phi) is 5.25. The van der Waals surface area contributed by atoms with Gasteiger partial charge in [0.05, 0.1) is 0 Å². The van der Waals surface area contributed by atoms with Gasteiger partial charge in [-0.3, -0.25) is 9.59 Å². The zero-order valence-electron chi connectivity index (χ0n) is 12.7. The van der Waals surface area contributed by atoms with E-state index >= 15 is 0 Å². The van der Waals surface area contributed by atoms with Gasteiger partial charge in [-0.2, -0.15) is 0 Å². The largest absolute Gasteiger partial charge is 0.489 e. The minimum absolute atomic E-state index is 0.0806. The lowest BCUT2D eigenvalue weighted by atomic mass is 9.80. The third-order valence-electron chi connectivity index (χ3n) is 3.46. The van der Waals surface area contributed by atoms with Crippen LogP contribution in [0.2, 0.25) is 5.02 Å². The molecule has 0 spiro atoms. The van der Waals surface area contributed by atoms with Crippen LogP contribution in [0.25, 0.3) is 0 Å². The Balaban J connectivity index is 2.15. The van der Waals surface area contributed by atoms with Crippen molar-refractivity contribution in [1.29, 1.82) is 0 Å². The van der Waals surface area contributed by atoms with Gasteiger partial charge in [-0.15, -0.1) is 0 Å². The van der Waals surface area contributed by atoms with Crippen LogP contribution in [-0.2, 0) is 6.54 Å². The zero-order valence-corrected chi connectivity index (χ0v) is 13.4. The second-order valence-electron chi connectivity index (χ2n) is 5.24. The Bertz CT molecular complexity index is 805. The first kappa shape index (κ1) is 17.3. The quantitative estimate of drug-likeness (QED) is 0.602. The number of aromatic nitrogens is 1. The van der Waals surface area contributed by atoms with Crippen LogP contribution in [0.1, 0.15) is 27.2 Å². The molecule has 8 heteroatoms. The minimum Gasteiger partial charge on any atom is -0.423 e. The maximum absolute atomic E-state index is 12.1. The molecule has 2 rings (SSSR count). The van der Waals surface area contributed by atoms with Crippen LogP contribution in [0.15, 0.2) is 29.1 Å². The van der Waals surface area contributed by atoms with Gasteiger partial charge in [0.15, 0.2) is 0 Å². The number of benzene rings is 1. The fraction of sp³-hybridized carbons (Fsp3) is 0.200. The van der Waals surface area contributed by atoms with Gasteiger partial charge < -0.3 is 20.3 Å². The van der Waals surface area contributed by atoms with Crippen molar-refractivity contribution in [2.45, 2.75) is 20.4 Å². The molecule has 0 aliphatic carbocycles. The number of carbonyl (C=O) groups excluding carboxylic acids is 1. The maximum atomic E-state index is 12.1. The summed E-state index contributed by atoms with van der Waals surface area (Å²) in [6.45, 7) is 3.68. The number of rotatable bonds is 4. The Morgan fingerprint density at radius 3 is 2.57 bits per heavy atom. The average molecular weight is 335 g/mol. The lowest BCUT2D eigenvalue weighted by molar-refractivity contribution is 0.0950. The van der Waals surface area contributed by atoms with Gasteiger partial charge in [-0.1, -0.05) is 17.7 Å². The summed E-state index contributed by atoms with van der Waals surface area (Å²) in [6, 6.07) is 5.98. The smallest absolute Gasteiger partial charge is 0.423 e. The number of aryl methyl sites for hydroxylation is 2. The number of carbonyl (C=O) groups is 1. The number of pyridine rings is 1.